The number of nitriles is 1. The number of nitrogens with one attached hydrogen (secondary N) is 1. The van der Waals surface area contributed by atoms with E-state index in [9.17, 15) is 10.1 Å². The summed E-state index contributed by atoms with van der Waals surface area (Å²) < 4.78 is 11.5. The van der Waals surface area contributed by atoms with E-state index in [2.05, 4.69) is 11.4 Å². The van der Waals surface area contributed by atoms with Crippen LogP contribution in [0.3, 0.4) is 0 Å². The third kappa shape index (κ3) is 5.14. The molecule has 1 aromatic rings. The summed E-state index contributed by atoms with van der Waals surface area (Å²) in [5.41, 5.74) is 1.43. The van der Waals surface area contributed by atoms with Gasteiger partial charge in [-0.25, -0.2) is 4.79 Å². The van der Waals surface area contributed by atoms with E-state index in [1.165, 1.54) is 12.8 Å². The Bertz CT molecular complexity index is 690. The van der Waals surface area contributed by atoms with Crippen LogP contribution in [-0.4, -0.2) is 23.8 Å². The summed E-state index contributed by atoms with van der Waals surface area (Å²) in [4.78, 5) is 11.9. The Balaban J connectivity index is 1.49. The average Bonchev–Trinajstić information content (AvgIpc) is 3.40. The number of benzene rings is 1. The summed E-state index contributed by atoms with van der Waals surface area (Å²) in [6.45, 7) is 5.60. The maximum absolute atomic E-state index is 11.9. The number of carbonyl (C=O) groups excluding carboxylic acids is 1. The molecule has 0 bridgehead atoms. The van der Waals surface area contributed by atoms with E-state index in [0.29, 0.717) is 5.92 Å². The van der Waals surface area contributed by atoms with E-state index < -0.39 is 5.60 Å². The van der Waals surface area contributed by atoms with Gasteiger partial charge in [0, 0.05) is 6.04 Å². The predicted octanol–water partition coefficient (Wildman–Crippen LogP) is 4.65. The molecule has 2 saturated carbocycles. The van der Waals surface area contributed by atoms with Gasteiger partial charge in [0.25, 0.3) is 0 Å². The summed E-state index contributed by atoms with van der Waals surface area (Å²) in [5.74, 6) is 1.39. The third-order valence-corrected chi connectivity index (χ3v) is 4.86. The minimum Gasteiger partial charge on any atom is -0.490 e. The molecule has 0 aromatic heterocycles. The van der Waals surface area contributed by atoms with E-state index in [1.807, 2.05) is 39.0 Å². The zero-order valence-corrected chi connectivity index (χ0v) is 15.9. The molecule has 1 N–H and O–H groups in total. The molecular formula is C21H28N2O3. The van der Waals surface area contributed by atoms with Gasteiger partial charge in [-0.3, -0.25) is 0 Å². The molecule has 3 rings (SSSR count). The predicted molar refractivity (Wildman–Crippen MR) is 99.2 cm³/mol. The maximum atomic E-state index is 11.9. The number of ether oxygens (including phenoxy) is 2. The summed E-state index contributed by atoms with van der Waals surface area (Å²) in [5, 5.41) is 12.2. The fourth-order valence-corrected chi connectivity index (χ4v) is 3.44. The molecule has 2 fully saturated rings. The largest absolute Gasteiger partial charge is 0.490 e. The van der Waals surface area contributed by atoms with Crippen molar-refractivity contribution in [3.8, 4) is 11.8 Å². The molecule has 2 aliphatic rings. The zero-order valence-electron chi connectivity index (χ0n) is 15.9. The fraction of sp³-hybridized carbons (Fsp3) is 0.619. The topological polar surface area (TPSA) is 71.3 Å². The quantitative estimate of drug-likeness (QED) is 0.852. The van der Waals surface area contributed by atoms with Gasteiger partial charge in [-0.05, 0) is 89.0 Å². The minimum atomic E-state index is -0.473. The number of amides is 1. The van der Waals surface area contributed by atoms with Crippen molar-refractivity contribution < 1.29 is 14.3 Å². The summed E-state index contributed by atoms with van der Waals surface area (Å²) in [7, 11) is 0. The van der Waals surface area contributed by atoms with Crippen LogP contribution < -0.4 is 10.1 Å². The standard InChI is InChI=1S/C21H28N2O3/c1-21(2,3)26-20(24)23-16-7-10-17(11-8-16)25-18-9-6-15(13-22)19(12-18)14-4-5-14/h6,9,12,14,16-17H,4-5,7-8,10-11H2,1-3H3,(H,23,24). The lowest BCUT2D eigenvalue weighted by Crippen LogP contribution is -2.42. The lowest BCUT2D eigenvalue weighted by molar-refractivity contribution is 0.0471. The molecule has 0 atom stereocenters. The van der Waals surface area contributed by atoms with E-state index in [4.69, 9.17) is 9.47 Å². The molecule has 0 saturated heterocycles. The maximum Gasteiger partial charge on any atom is 0.407 e. The molecule has 140 valence electrons. The van der Waals surface area contributed by atoms with Gasteiger partial charge in [0.2, 0.25) is 0 Å². The van der Waals surface area contributed by atoms with Crippen molar-refractivity contribution in [2.24, 2.45) is 0 Å². The smallest absolute Gasteiger partial charge is 0.407 e. The first kappa shape index (κ1) is 18.6. The van der Waals surface area contributed by atoms with Crippen molar-refractivity contribution in [2.75, 3.05) is 0 Å². The van der Waals surface area contributed by atoms with E-state index in [-0.39, 0.29) is 18.2 Å². The van der Waals surface area contributed by atoms with Crippen LogP contribution in [0.1, 0.15) is 76.3 Å². The third-order valence-electron chi connectivity index (χ3n) is 4.86. The molecule has 0 spiro atoms. The van der Waals surface area contributed by atoms with E-state index in [1.54, 1.807) is 0 Å². The number of carbonyl (C=O) groups is 1. The highest BCUT2D eigenvalue weighted by Gasteiger charge is 2.28. The molecule has 26 heavy (non-hydrogen) atoms. The van der Waals surface area contributed by atoms with Crippen LogP contribution in [0.2, 0.25) is 0 Å². The Kier molecular flexibility index (Phi) is 5.41. The second-order valence-electron chi connectivity index (χ2n) is 8.37. The molecule has 0 radical (unpaired) electrons. The molecule has 5 nitrogen and oxygen atoms in total. The SMILES string of the molecule is CC(C)(C)OC(=O)NC1CCC(Oc2ccc(C#N)c(C3CC3)c2)CC1. The number of rotatable bonds is 4. The van der Waals surface area contributed by atoms with Crippen molar-refractivity contribution >= 4 is 6.09 Å². The monoisotopic (exact) mass is 356 g/mol. The van der Waals surface area contributed by atoms with Crippen molar-refractivity contribution in [1.29, 1.82) is 5.26 Å². The van der Waals surface area contributed by atoms with Crippen molar-refractivity contribution in [3.63, 3.8) is 0 Å². The van der Waals surface area contributed by atoms with Crippen LogP contribution >= 0.6 is 0 Å². The molecular weight excluding hydrogens is 328 g/mol. The highest BCUT2D eigenvalue weighted by molar-refractivity contribution is 5.68. The lowest BCUT2D eigenvalue weighted by atomic mass is 9.93. The molecule has 0 unspecified atom stereocenters. The lowest BCUT2D eigenvalue weighted by Gasteiger charge is -2.30. The molecule has 0 aliphatic heterocycles. The normalized spacial score (nSPS) is 23.0. The van der Waals surface area contributed by atoms with E-state index >= 15 is 0 Å². The first-order valence-electron chi connectivity index (χ1n) is 9.54. The molecule has 5 heteroatoms. The molecule has 1 aromatic carbocycles. The first-order valence-corrected chi connectivity index (χ1v) is 9.54. The molecule has 2 aliphatic carbocycles. The van der Waals surface area contributed by atoms with Gasteiger partial charge in [-0.2, -0.15) is 5.26 Å². The Morgan fingerprint density at radius 2 is 1.85 bits per heavy atom. The van der Waals surface area contributed by atoms with Crippen LogP contribution in [0.5, 0.6) is 5.75 Å². The van der Waals surface area contributed by atoms with Gasteiger partial charge in [0.1, 0.15) is 11.4 Å². The molecule has 1 amide bonds. The Morgan fingerprint density at radius 1 is 1.15 bits per heavy atom. The van der Waals surface area contributed by atoms with E-state index in [0.717, 1.165) is 42.6 Å². The number of hydrogen-bond donors (Lipinski definition) is 1. The minimum absolute atomic E-state index is 0.146. The number of hydrogen-bond acceptors (Lipinski definition) is 4. The van der Waals surface area contributed by atoms with Crippen molar-refractivity contribution in [2.45, 2.75) is 83.0 Å². The van der Waals surface area contributed by atoms with Gasteiger partial charge in [0.15, 0.2) is 0 Å². The van der Waals surface area contributed by atoms with Crippen LogP contribution in [0.15, 0.2) is 18.2 Å². The van der Waals surface area contributed by atoms with Gasteiger partial charge < -0.3 is 14.8 Å². The van der Waals surface area contributed by atoms with Gasteiger partial charge >= 0.3 is 6.09 Å². The fourth-order valence-electron chi connectivity index (χ4n) is 3.44. The number of nitrogens with zero attached hydrogens (tertiary/aromatic N) is 1. The Morgan fingerprint density at radius 3 is 2.42 bits per heavy atom. The van der Waals surface area contributed by atoms with Gasteiger partial charge in [-0.15, -0.1) is 0 Å². The van der Waals surface area contributed by atoms with Crippen LogP contribution in [0.25, 0.3) is 0 Å². The van der Waals surface area contributed by atoms with Crippen molar-refractivity contribution in [1.82, 2.24) is 5.32 Å². The second-order valence-corrected chi connectivity index (χ2v) is 8.37. The zero-order chi connectivity index (χ0) is 18.7. The molecule has 0 heterocycles. The van der Waals surface area contributed by atoms with Gasteiger partial charge in [0.05, 0.1) is 17.7 Å². The van der Waals surface area contributed by atoms with Gasteiger partial charge in [-0.1, -0.05) is 0 Å². The Labute approximate surface area is 155 Å². The highest BCUT2D eigenvalue weighted by Crippen LogP contribution is 2.43. The highest BCUT2D eigenvalue weighted by atomic mass is 16.6. The van der Waals surface area contributed by atoms with Crippen LogP contribution in [0.4, 0.5) is 4.79 Å². The summed E-state index contributed by atoms with van der Waals surface area (Å²) in [6, 6.07) is 8.24. The summed E-state index contributed by atoms with van der Waals surface area (Å²) in [6.07, 6.45) is 5.72. The van der Waals surface area contributed by atoms with Crippen LogP contribution in [-0.2, 0) is 4.74 Å². The second kappa shape index (κ2) is 7.57. The first-order chi connectivity index (χ1) is 12.3. The summed E-state index contributed by atoms with van der Waals surface area (Å²) >= 11 is 0. The van der Waals surface area contributed by atoms with Crippen molar-refractivity contribution in [3.05, 3.63) is 29.3 Å². The Hall–Kier alpha value is -2.22. The average molecular weight is 356 g/mol. The number of alkyl carbamates (subject to hydrolysis) is 1. The van der Waals surface area contributed by atoms with Crippen LogP contribution in [0, 0.1) is 11.3 Å².